The zero-order valence-electron chi connectivity index (χ0n) is 12.2. The first-order chi connectivity index (χ1) is 9.04. The Morgan fingerprint density at radius 2 is 2.00 bits per heavy atom. The molecule has 0 aliphatic heterocycles. The lowest BCUT2D eigenvalue weighted by Crippen LogP contribution is -2.36. The average molecular weight is 272 g/mol. The molecule has 0 spiro atoms. The first-order valence-electron chi connectivity index (χ1n) is 6.26. The third kappa shape index (κ3) is 8.34. The van der Waals surface area contributed by atoms with Crippen LogP contribution in [0, 0.1) is 0 Å². The number of carbonyl (C=O) groups is 2. The molecule has 1 amide bonds. The van der Waals surface area contributed by atoms with Crippen LogP contribution in [0.4, 0.5) is 0 Å². The van der Waals surface area contributed by atoms with Crippen LogP contribution in [0.3, 0.4) is 0 Å². The van der Waals surface area contributed by atoms with Crippen LogP contribution in [0.5, 0.6) is 0 Å². The summed E-state index contributed by atoms with van der Waals surface area (Å²) in [6.07, 6.45) is 2.40. The summed E-state index contributed by atoms with van der Waals surface area (Å²) in [4.78, 5) is 24.7. The largest absolute Gasteiger partial charge is 0.466 e. The van der Waals surface area contributed by atoms with Crippen molar-refractivity contribution in [3.63, 3.8) is 0 Å². The average Bonchev–Trinajstić information content (AvgIpc) is 2.39. The molecular weight excluding hydrogens is 248 g/mol. The van der Waals surface area contributed by atoms with E-state index in [0.29, 0.717) is 31.7 Å². The van der Waals surface area contributed by atoms with E-state index in [1.54, 1.807) is 13.2 Å². The van der Waals surface area contributed by atoms with Crippen LogP contribution >= 0.6 is 0 Å². The maximum atomic E-state index is 11.5. The van der Waals surface area contributed by atoms with E-state index < -0.39 is 0 Å². The molecule has 0 bridgehead atoms. The van der Waals surface area contributed by atoms with Gasteiger partial charge in [-0.2, -0.15) is 0 Å². The number of esters is 1. The van der Waals surface area contributed by atoms with E-state index in [4.69, 9.17) is 4.74 Å². The van der Waals surface area contributed by atoms with Crippen LogP contribution in [0.1, 0.15) is 13.3 Å². The molecule has 0 atom stereocenters. The second-order valence-corrected chi connectivity index (χ2v) is 4.11. The highest BCUT2D eigenvalue weighted by Gasteiger charge is 2.08. The zero-order chi connectivity index (χ0) is 14.7. The number of likely N-dealkylation sites (N-methyl/N-ethyl adjacent to an activating group) is 1. The number of nitrogens with zero attached hydrogens (tertiary/aromatic N) is 1. The molecular formula is C13H24N2O4. The standard InChI is InChI=1S/C13H24N2O4/c1-5-11(13(17)19-4)6-8-15(2)10-12(16)14-7-9-18-3/h6H,5,7-10H2,1-4H3,(H,14,16). The zero-order valence-corrected chi connectivity index (χ0v) is 12.2. The van der Waals surface area contributed by atoms with Gasteiger partial charge in [-0.15, -0.1) is 0 Å². The van der Waals surface area contributed by atoms with Crippen LogP contribution < -0.4 is 5.32 Å². The molecule has 0 fully saturated rings. The summed E-state index contributed by atoms with van der Waals surface area (Å²) >= 11 is 0. The minimum Gasteiger partial charge on any atom is -0.466 e. The molecule has 0 aromatic heterocycles. The van der Waals surface area contributed by atoms with E-state index in [1.165, 1.54) is 7.11 Å². The molecule has 0 rings (SSSR count). The Bertz CT molecular complexity index is 316. The summed E-state index contributed by atoms with van der Waals surface area (Å²) < 4.78 is 9.50. The van der Waals surface area contributed by atoms with Crippen LogP contribution in [0.2, 0.25) is 0 Å². The van der Waals surface area contributed by atoms with Gasteiger partial charge in [0.05, 0.1) is 20.3 Å². The van der Waals surface area contributed by atoms with Crippen molar-refractivity contribution < 1.29 is 19.1 Å². The number of methoxy groups -OCH3 is 2. The predicted octanol–water partition coefficient (Wildman–Crippen LogP) is 0.190. The quantitative estimate of drug-likeness (QED) is 0.369. The summed E-state index contributed by atoms with van der Waals surface area (Å²) in [7, 11) is 4.76. The molecule has 0 aromatic rings. The van der Waals surface area contributed by atoms with Crippen molar-refractivity contribution in [1.29, 1.82) is 0 Å². The van der Waals surface area contributed by atoms with Crippen molar-refractivity contribution >= 4 is 11.9 Å². The Balaban J connectivity index is 4.08. The maximum absolute atomic E-state index is 11.5. The van der Waals surface area contributed by atoms with Crippen molar-refractivity contribution in [1.82, 2.24) is 10.2 Å². The second-order valence-electron chi connectivity index (χ2n) is 4.11. The van der Waals surface area contributed by atoms with E-state index in [-0.39, 0.29) is 18.4 Å². The number of carbonyl (C=O) groups excluding carboxylic acids is 2. The van der Waals surface area contributed by atoms with Gasteiger partial charge in [-0.05, 0) is 13.5 Å². The van der Waals surface area contributed by atoms with Gasteiger partial charge in [0.25, 0.3) is 0 Å². The Hall–Kier alpha value is -1.40. The Morgan fingerprint density at radius 3 is 2.53 bits per heavy atom. The van der Waals surface area contributed by atoms with E-state index in [9.17, 15) is 9.59 Å². The van der Waals surface area contributed by atoms with Gasteiger partial charge in [0.2, 0.25) is 5.91 Å². The fraction of sp³-hybridized carbons (Fsp3) is 0.692. The molecule has 1 N–H and O–H groups in total. The number of nitrogens with one attached hydrogen (secondary N) is 1. The molecule has 6 heteroatoms. The van der Waals surface area contributed by atoms with Crippen molar-refractivity contribution in [3.8, 4) is 0 Å². The smallest absolute Gasteiger partial charge is 0.333 e. The second kappa shape index (κ2) is 10.5. The van der Waals surface area contributed by atoms with E-state index in [0.717, 1.165) is 0 Å². The van der Waals surface area contributed by atoms with Gasteiger partial charge in [-0.25, -0.2) is 4.79 Å². The molecule has 0 saturated heterocycles. The van der Waals surface area contributed by atoms with Gasteiger partial charge in [-0.3, -0.25) is 9.69 Å². The van der Waals surface area contributed by atoms with Crippen LogP contribution in [-0.4, -0.2) is 64.3 Å². The fourth-order valence-electron chi connectivity index (χ4n) is 1.43. The lowest BCUT2D eigenvalue weighted by Gasteiger charge is -2.14. The fourth-order valence-corrected chi connectivity index (χ4v) is 1.43. The molecule has 0 saturated carbocycles. The first kappa shape index (κ1) is 17.6. The van der Waals surface area contributed by atoms with Crippen molar-refractivity contribution in [3.05, 3.63) is 11.6 Å². The van der Waals surface area contributed by atoms with Gasteiger partial charge in [-0.1, -0.05) is 13.0 Å². The molecule has 6 nitrogen and oxygen atoms in total. The third-order valence-corrected chi connectivity index (χ3v) is 2.52. The number of amides is 1. The summed E-state index contributed by atoms with van der Waals surface area (Å²) in [6.45, 7) is 3.69. The summed E-state index contributed by atoms with van der Waals surface area (Å²) in [6, 6.07) is 0. The SMILES string of the molecule is CCC(=CCN(C)CC(=O)NCCOC)C(=O)OC. The molecule has 0 unspecified atom stereocenters. The first-order valence-corrected chi connectivity index (χ1v) is 6.26. The van der Waals surface area contributed by atoms with Crippen molar-refractivity contribution in [2.75, 3.05) is 47.5 Å². The Morgan fingerprint density at radius 1 is 1.32 bits per heavy atom. The van der Waals surface area contributed by atoms with E-state index in [1.807, 2.05) is 18.9 Å². The molecule has 0 aromatic carbocycles. The molecule has 19 heavy (non-hydrogen) atoms. The van der Waals surface area contributed by atoms with E-state index in [2.05, 4.69) is 10.1 Å². The summed E-state index contributed by atoms with van der Waals surface area (Å²) in [5, 5.41) is 2.73. The highest BCUT2D eigenvalue weighted by molar-refractivity contribution is 5.88. The van der Waals surface area contributed by atoms with Gasteiger partial charge in [0.1, 0.15) is 0 Å². The van der Waals surface area contributed by atoms with Gasteiger partial charge in [0, 0.05) is 25.8 Å². The molecule has 0 aliphatic carbocycles. The van der Waals surface area contributed by atoms with Crippen molar-refractivity contribution in [2.45, 2.75) is 13.3 Å². The van der Waals surface area contributed by atoms with E-state index >= 15 is 0 Å². The molecule has 0 heterocycles. The number of rotatable bonds is 9. The predicted molar refractivity (Wildman–Crippen MR) is 72.8 cm³/mol. The van der Waals surface area contributed by atoms with Crippen molar-refractivity contribution in [2.24, 2.45) is 0 Å². The maximum Gasteiger partial charge on any atom is 0.333 e. The highest BCUT2D eigenvalue weighted by Crippen LogP contribution is 2.03. The van der Waals surface area contributed by atoms with Gasteiger partial charge < -0.3 is 14.8 Å². The minimum atomic E-state index is -0.319. The third-order valence-electron chi connectivity index (χ3n) is 2.52. The monoisotopic (exact) mass is 272 g/mol. The van der Waals surface area contributed by atoms with Crippen LogP contribution in [0.25, 0.3) is 0 Å². The number of hydrogen-bond acceptors (Lipinski definition) is 5. The number of hydrogen-bond donors (Lipinski definition) is 1. The normalized spacial score (nSPS) is 11.5. The van der Waals surface area contributed by atoms with Gasteiger partial charge >= 0.3 is 5.97 Å². The van der Waals surface area contributed by atoms with Crippen LogP contribution in [-0.2, 0) is 19.1 Å². The lowest BCUT2D eigenvalue weighted by atomic mass is 10.2. The van der Waals surface area contributed by atoms with Gasteiger partial charge in [0.15, 0.2) is 0 Å². The summed E-state index contributed by atoms with van der Waals surface area (Å²) in [5.41, 5.74) is 0.620. The lowest BCUT2D eigenvalue weighted by molar-refractivity contribution is -0.136. The molecule has 0 aliphatic rings. The Labute approximate surface area is 114 Å². The topological polar surface area (TPSA) is 67.9 Å². The molecule has 110 valence electrons. The molecule has 0 radical (unpaired) electrons. The highest BCUT2D eigenvalue weighted by atomic mass is 16.5. The van der Waals surface area contributed by atoms with Crippen LogP contribution in [0.15, 0.2) is 11.6 Å². The Kier molecular flexibility index (Phi) is 9.74. The minimum absolute atomic E-state index is 0.0657. The summed E-state index contributed by atoms with van der Waals surface area (Å²) in [5.74, 6) is -0.385. The number of ether oxygens (including phenoxy) is 2.